The molecule has 6 heteroatoms. The van der Waals surface area contributed by atoms with Crippen LogP contribution in [-0.2, 0) is 6.42 Å². The van der Waals surface area contributed by atoms with Crippen molar-refractivity contribution in [3.05, 3.63) is 52.2 Å². The number of aromatic amines is 1. The van der Waals surface area contributed by atoms with E-state index in [4.69, 9.17) is 5.11 Å². The molecule has 6 nitrogen and oxygen atoms in total. The van der Waals surface area contributed by atoms with Crippen LogP contribution in [0.2, 0.25) is 0 Å². The van der Waals surface area contributed by atoms with Gasteiger partial charge in [-0.2, -0.15) is 0 Å². The Morgan fingerprint density at radius 2 is 2.30 bits per heavy atom. The van der Waals surface area contributed by atoms with E-state index in [2.05, 4.69) is 15.1 Å². The van der Waals surface area contributed by atoms with Gasteiger partial charge in [0.1, 0.15) is 0 Å². The van der Waals surface area contributed by atoms with Gasteiger partial charge in [0, 0.05) is 48.3 Å². The predicted molar refractivity (Wildman–Crippen MR) is 74.6 cm³/mol. The summed E-state index contributed by atoms with van der Waals surface area (Å²) in [7, 11) is 0. The van der Waals surface area contributed by atoms with Gasteiger partial charge in [0.25, 0.3) is 5.56 Å². The van der Waals surface area contributed by atoms with Crippen LogP contribution in [0.15, 0.2) is 35.4 Å². The van der Waals surface area contributed by atoms with Crippen LogP contribution in [-0.4, -0.2) is 31.3 Å². The van der Waals surface area contributed by atoms with E-state index >= 15 is 0 Å². The quantitative estimate of drug-likeness (QED) is 0.741. The zero-order chi connectivity index (χ0) is 14.1. The number of aliphatic hydroxyl groups excluding tert-OH is 1. The molecular weight excluding hydrogens is 256 g/mol. The Hall–Kier alpha value is -2.47. The Kier molecular flexibility index (Phi) is 3.08. The minimum absolute atomic E-state index is 0.0694. The van der Waals surface area contributed by atoms with Crippen molar-refractivity contribution >= 4 is 5.65 Å². The van der Waals surface area contributed by atoms with Gasteiger partial charge in [0.15, 0.2) is 5.65 Å². The molecule has 2 N–H and O–H groups in total. The third-order valence-electron chi connectivity index (χ3n) is 3.25. The number of pyridine rings is 1. The first-order chi connectivity index (χ1) is 9.70. The third-order valence-corrected chi connectivity index (χ3v) is 3.25. The van der Waals surface area contributed by atoms with Crippen LogP contribution in [0.25, 0.3) is 16.9 Å². The van der Waals surface area contributed by atoms with E-state index in [0.29, 0.717) is 23.3 Å². The molecule has 3 aromatic rings. The van der Waals surface area contributed by atoms with Crippen molar-refractivity contribution in [2.45, 2.75) is 13.3 Å². The van der Waals surface area contributed by atoms with E-state index in [1.54, 1.807) is 19.3 Å². The number of aryl methyl sites for hydroxylation is 1. The Morgan fingerprint density at radius 3 is 3.00 bits per heavy atom. The van der Waals surface area contributed by atoms with Crippen molar-refractivity contribution in [2.24, 2.45) is 0 Å². The molecule has 0 unspecified atom stereocenters. The fraction of sp³-hybridized carbons (Fsp3) is 0.214. The first-order valence-electron chi connectivity index (χ1n) is 6.33. The number of H-pyrrole nitrogens is 1. The molecule has 20 heavy (non-hydrogen) atoms. The number of nitrogens with one attached hydrogen (secondary N) is 1. The summed E-state index contributed by atoms with van der Waals surface area (Å²) in [5, 5.41) is 12.1. The van der Waals surface area contributed by atoms with Crippen LogP contribution in [0.5, 0.6) is 0 Å². The van der Waals surface area contributed by atoms with E-state index in [1.807, 2.05) is 18.2 Å². The van der Waals surface area contributed by atoms with Crippen molar-refractivity contribution in [1.29, 1.82) is 0 Å². The summed E-state index contributed by atoms with van der Waals surface area (Å²) in [4.78, 5) is 20.8. The van der Waals surface area contributed by atoms with Gasteiger partial charge in [0.2, 0.25) is 0 Å². The Balaban J connectivity index is 2.22. The van der Waals surface area contributed by atoms with Crippen LogP contribution >= 0.6 is 0 Å². The molecule has 3 heterocycles. The van der Waals surface area contributed by atoms with Crippen LogP contribution in [0.3, 0.4) is 0 Å². The summed E-state index contributed by atoms with van der Waals surface area (Å²) in [6.07, 6.45) is 3.72. The lowest BCUT2D eigenvalue weighted by molar-refractivity contribution is 0.298. The van der Waals surface area contributed by atoms with Gasteiger partial charge >= 0.3 is 0 Å². The first kappa shape index (κ1) is 12.6. The summed E-state index contributed by atoms with van der Waals surface area (Å²) in [6, 6.07) is 5.55. The van der Waals surface area contributed by atoms with Gasteiger partial charge in [-0.3, -0.25) is 14.9 Å². The van der Waals surface area contributed by atoms with Crippen LogP contribution in [0.1, 0.15) is 11.3 Å². The highest BCUT2D eigenvalue weighted by Crippen LogP contribution is 2.17. The predicted octanol–water partition coefficient (Wildman–Crippen LogP) is 0.928. The van der Waals surface area contributed by atoms with Crippen molar-refractivity contribution in [1.82, 2.24) is 19.6 Å². The molecule has 0 bridgehead atoms. The number of hydrogen-bond donors (Lipinski definition) is 2. The van der Waals surface area contributed by atoms with Crippen LogP contribution < -0.4 is 5.56 Å². The number of aliphatic hydroxyl groups is 1. The van der Waals surface area contributed by atoms with Crippen molar-refractivity contribution in [2.75, 3.05) is 6.61 Å². The van der Waals surface area contributed by atoms with Gasteiger partial charge in [-0.05, 0) is 19.1 Å². The van der Waals surface area contributed by atoms with E-state index in [9.17, 15) is 4.79 Å². The largest absolute Gasteiger partial charge is 0.396 e. The lowest BCUT2D eigenvalue weighted by atomic mass is 10.2. The van der Waals surface area contributed by atoms with Gasteiger partial charge in [-0.25, -0.2) is 9.50 Å². The first-order valence-corrected chi connectivity index (χ1v) is 6.33. The maximum atomic E-state index is 12.3. The number of rotatable bonds is 3. The van der Waals surface area contributed by atoms with Crippen molar-refractivity contribution < 1.29 is 5.11 Å². The SMILES string of the molecule is Cc1nc2cc(-c3cccnc3)[nH]n2c(=O)c1CCO. The Morgan fingerprint density at radius 1 is 1.45 bits per heavy atom. The molecule has 3 rings (SSSR count). The molecule has 0 radical (unpaired) electrons. The zero-order valence-corrected chi connectivity index (χ0v) is 11.0. The lowest BCUT2D eigenvalue weighted by Gasteiger charge is -2.02. The van der Waals surface area contributed by atoms with Crippen molar-refractivity contribution in [3.63, 3.8) is 0 Å². The van der Waals surface area contributed by atoms with E-state index < -0.39 is 0 Å². The smallest absolute Gasteiger partial charge is 0.276 e. The molecule has 0 fully saturated rings. The molecule has 0 aromatic carbocycles. The molecule has 0 aliphatic carbocycles. The maximum Gasteiger partial charge on any atom is 0.276 e. The molecule has 0 saturated heterocycles. The molecule has 3 aromatic heterocycles. The van der Waals surface area contributed by atoms with Crippen LogP contribution in [0.4, 0.5) is 0 Å². The van der Waals surface area contributed by atoms with Crippen LogP contribution in [0, 0.1) is 6.92 Å². The average Bonchev–Trinajstić information content (AvgIpc) is 2.88. The molecule has 0 atom stereocenters. The number of aromatic nitrogens is 4. The van der Waals surface area contributed by atoms with E-state index in [-0.39, 0.29) is 12.2 Å². The second kappa shape index (κ2) is 4.90. The molecule has 0 amide bonds. The number of fused-ring (bicyclic) bond motifs is 1. The van der Waals surface area contributed by atoms with Gasteiger partial charge in [-0.15, -0.1) is 0 Å². The highest BCUT2D eigenvalue weighted by atomic mass is 16.3. The van der Waals surface area contributed by atoms with Gasteiger partial charge < -0.3 is 5.11 Å². The third kappa shape index (κ3) is 2.00. The minimum atomic E-state index is -0.170. The maximum absolute atomic E-state index is 12.3. The molecule has 0 saturated carbocycles. The topological polar surface area (TPSA) is 83.3 Å². The molecule has 0 aliphatic rings. The fourth-order valence-corrected chi connectivity index (χ4v) is 2.24. The molecule has 0 aliphatic heterocycles. The standard InChI is InChI=1S/C14H14N4O2/c1-9-11(4-6-19)14(20)18-13(16-9)7-12(17-18)10-3-2-5-15-8-10/h2-3,5,7-8,17,19H,4,6H2,1H3. The highest BCUT2D eigenvalue weighted by Gasteiger charge is 2.12. The number of hydrogen-bond acceptors (Lipinski definition) is 4. The van der Waals surface area contributed by atoms with Gasteiger partial charge in [-0.1, -0.05) is 0 Å². The molecular formula is C14H14N4O2. The van der Waals surface area contributed by atoms with Crippen molar-refractivity contribution in [3.8, 4) is 11.3 Å². The summed E-state index contributed by atoms with van der Waals surface area (Å²) in [5.41, 5.74) is 3.25. The fourth-order valence-electron chi connectivity index (χ4n) is 2.24. The molecule has 102 valence electrons. The average molecular weight is 270 g/mol. The summed E-state index contributed by atoms with van der Waals surface area (Å²) < 4.78 is 1.40. The summed E-state index contributed by atoms with van der Waals surface area (Å²) >= 11 is 0. The van der Waals surface area contributed by atoms with Gasteiger partial charge in [0.05, 0.1) is 5.69 Å². The monoisotopic (exact) mass is 270 g/mol. The Labute approximate surface area is 114 Å². The summed E-state index contributed by atoms with van der Waals surface area (Å²) in [5.74, 6) is 0. The second-order valence-electron chi connectivity index (χ2n) is 4.56. The normalized spacial score (nSPS) is 11.1. The van der Waals surface area contributed by atoms with E-state index in [1.165, 1.54) is 4.52 Å². The zero-order valence-electron chi connectivity index (χ0n) is 11.0. The minimum Gasteiger partial charge on any atom is -0.396 e. The molecule has 0 spiro atoms. The number of nitrogens with zero attached hydrogens (tertiary/aromatic N) is 3. The summed E-state index contributed by atoms with van der Waals surface area (Å²) in [6.45, 7) is 1.71. The van der Waals surface area contributed by atoms with E-state index in [0.717, 1.165) is 11.3 Å². The highest BCUT2D eigenvalue weighted by molar-refractivity contribution is 5.63. The second-order valence-corrected chi connectivity index (χ2v) is 4.56. The Bertz CT molecular complexity index is 805. The lowest BCUT2D eigenvalue weighted by Crippen LogP contribution is -2.22.